The molecule has 0 amide bonds. The smallest absolute Gasteiger partial charge is 0.267 e. The van der Waals surface area contributed by atoms with E-state index in [9.17, 15) is 21.6 Å². The van der Waals surface area contributed by atoms with E-state index >= 15 is 0 Å². The molecule has 0 aliphatic rings. The zero-order valence-electron chi connectivity index (χ0n) is 21.2. The molecule has 0 fully saturated rings. The Morgan fingerprint density at radius 1 is 0.850 bits per heavy atom. The fraction of sp³-hybridized carbons (Fsp3) is 0.107. The van der Waals surface area contributed by atoms with Crippen molar-refractivity contribution in [2.75, 3.05) is 10.0 Å². The highest BCUT2D eigenvalue weighted by Gasteiger charge is 2.25. The molecular formula is C28H22F3N5O2S2. The van der Waals surface area contributed by atoms with Crippen LogP contribution in [0, 0.1) is 17.5 Å². The van der Waals surface area contributed by atoms with Gasteiger partial charge in [-0.2, -0.15) is 0 Å². The third kappa shape index (κ3) is 5.82. The first-order valence-corrected chi connectivity index (χ1v) is 14.3. The second-order valence-electron chi connectivity index (χ2n) is 9.02. The predicted molar refractivity (Wildman–Crippen MR) is 150 cm³/mol. The van der Waals surface area contributed by atoms with Gasteiger partial charge in [-0.1, -0.05) is 38.1 Å². The molecule has 5 aromatic rings. The van der Waals surface area contributed by atoms with Gasteiger partial charge in [0.25, 0.3) is 10.0 Å². The van der Waals surface area contributed by atoms with Crippen LogP contribution < -0.4 is 10.0 Å². The molecule has 2 aromatic heterocycles. The first-order valence-electron chi connectivity index (χ1n) is 12.0. The summed E-state index contributed by atoms with van der Waals surface area (Å²) in [4.78, 5) is 13.3. The van der Waals surface area contributed by atoms with Gasteiger partial charge in [0.2, 0.25) is 5.95 Å². The van der Waals surface area contributed by atoms with E-state index in [-0.39, 0.29) is 17.6 Å². The zero-order chi connectivity index (χ0) is 28.4. The number of sulfonamides is 1. The Hall–Kier alpha value is -4.29. The minimum atomic E-state index is -4.56. The summed E-state index contributed by atoms with van der Waals surface area (Å²) in [5.41, 5.74) is 2.23. The molecule has 0 radical (unpaired) electrons. The number of nitrogens with one attached hydrogen (secondary N) is 2. The standard InChI is InChI=1S/C28H22F3N5O2S2/c1-16(2)27-35-24(25(39-27)23-12-13-32-28(34-23)33-19-8-4-7-18(29)15-19)17-6-3-9-20(14-17)36-40(37,38)26-21(30)10-5-11-22(26)31/h3-16,36H,1-2H3,(H,32,33,34). The van der Waals surface area contributed by atoms with Crippen LogP contribution in [0.4, 0.5) is 30.5 Å². The van der Waals surface area contributed by atoms with Gasteiger partial charge in [-0.05, 0) is 48.5 Å². The van der Waals surface area contributed by atoms with Crippen LogP contribution in [0.2, 0.25) is 0 Å². The number of anilines is 3. The highest BCUT2D eigenvalue weighted by atomic mass is 32.2. The van der Waals surface area contributed by atoms with Gasteiger partial charge in [0, 0.05) is 29.1 Å². The molecule has 12 heteroatoms. The minimum Gasteiger partial charge on any atom is -0.324 e. The van der Waals surface area contributed by atoms with Crippen molar-refractivity contribution in [1.29, 1.82) is 0 Å². The number of thiazole rings is 1. The number of nitrogens with zero attached hydrogens (tertiary/aromatic N) is 3. The summed E-state index contributed by atoms with van der Waals surface area (Å²) < 4.78 is 70.0. The molecule has 0 spiro atoms. The lowest BCUT2D eigenvalue weighted by molar-refractivity contribution is 0.521. The number of rotatable bonds is 8. The Morgan fingerprint density at radius 3 is 2.27 bits per heavy atom. The van der Waals surface area contributed by atoms with Crippen molar-refractivity contribution in [1.82, 2.24) is 15.0 Å². The van der Waals surface area contributed by atoms with Crippen molar-refractivity contribution in [2.24, 2.45) is 0 Å². The molecule has 0 atom stereocenters. The van der Waals surface area contributed by atoms with Gasteiger partial charge in [0.15, 0.2) is 4.90 Å². The Kier molecular flexibility index (Phi) is 7.55. The van der Waals surface area contributed by atoms with Crippen molar-refractivity contribution in [3.63, 3.8) is 0 Å². The summed E-state index contributed by atoms with van der Waals surface area (Å²) in [6, 6.07) is 16.8. The minimum absolute atomic E-state index is 0.0925. The molecule has 2 N–H and O–H groups in total. The quantitative estimate of drug-likeness (QED) is 0.199. The summed E-state index contributed by atoms with van der Waals surface area (Å²) in [5.74, 6) is -2.45. The highest BCUT2D eigenvalue weighted by Crippen LogP contribution is 2.39. The predicted octanol–water partition coefficient (Wildman–Crippen LogP) is 7.35. The summed E-state index contributed by atoms with van der Waals surface area (Å²) in [5, 5.41) is 3.81. The molecule has 0 unspecified atom stereocenters. The van der Waals surface area contributed by atoms with Gasteiger partial charge in [-0.15, -0.1) is 11.3 Å². The van der Waals surface area contributed by atoms with Gasteiger partial charge in [0.05, 0.1) is 21.3 Å². The van der Waals surface area contributed by atoms with Crippen LogP contribution in [0.5, 0.6) is 0 Å². The molecule has 204 valence electrons. The van der Waals surface area contributed by atoms with Crippen molar-refractivity contribution >= 4 is 38.7 Å². The van der Waals surface area contributed by atoms with Crippen LogP contribution in [0.25, 0.3) is 21.8 Å². The largest absolute Gasteiger partial charge is 0.324 e. The van der Waals surface area contributed by atoms with Crippen LogP contribution in [0.3, 0.4) is 0 Å². The molecule has 5 rings (SSSR count). The summed E-state index contributed by atoms with van der Waals surface area (Å²) in [6.07, 6.45) is 1.57. The van der Waals surface area contributed by atoms with Gasteiger partial charge >= 0.3 is 0 Å². The number of hydrogen-bond acceptors (Lipinski definition) is 7. The fourth-order valence-electron chi connectivity index (χ4n) is 3.87. The lowest BCUT2D eigenvalue weighted by atomic mass is 10.1. The van der Waals surface area contributed by atoms with Crippen LogP contribution in [-0.4, -0.2) is 23.4 Å². The third-order valence-electron chi connectivity index (χ3n) is 5.68. The molecule has 0 aliphatic heterocycles. The lowest BCUT2D eigenvalue weighted by Gasteiger charge is -2.11. The second-order valence-corrected chi connectivity index (χ2v) is 11.7. The molecule has 3 aromatic carbocycles. The first kappa shape index (κ1) is 27.3. The molecule has 40 heavy (non-hydrogen) atoms. The molecule has 7 nitrogen and oxygen atoms in total. The maximum atomic E-state index is 14.2. The Morgan fingerprint density at radius 2 is 1.55 bits per heavy atom. The van der Waals surface area contributed by atoms with E-state index < -0.39 is 32.4 Å². The number of halogens is 3. The normalized spacial score (nSPS) is 11.6. The average molecular weight is 582 g/mol. The van der Waals surface area contributed by atoms with E-state index in [1.807, 2.05) is 13.8 Å². The summed E-state index contributed by atoms with van der Waals surface area (Å²) in [6.45, 7) is 3.99. The van der Waals surface area contributed by atoms with Crippen molar-refractivity contribution in [3.8, 4) is 21.8 Å². The number of hydrogen-bond donors (Lipinski definition) is 2. The zero-order valence-corrected chi connectivity index (χ0v) is 22.8. The summed E-state index contributed by atoms with van der Waals surface area (Å²) >= 11 is 1.43. The maximum Gasteiger partial charge on any atom is 0.267 e. The van der Waals surface area contributed by atoms with E-state index in [2.05, 4.69) is 20.0 Å². The Bertz CT molecular complexity index is 1790. The van der Waals surface area contributed by atoms with Gasteiger partial charge in [-0.3, -0.25) is 4.72 Å². The molecule has 2 heterocycles. The molecule has 0 saturated carbocycles. The molecule has 0 saturated heterocycles. The molecule has 0 aliphatic carbocycles. The Labute approximate surface area is 232 Å². The van der Waals surface area contributed by atoms with E-state index in [0.717, 1.165) is 23.2 Å². The average Bonchev–Trinajstić information content (AvgIpc) is 3.35. The van der Waals surface area contributed by atoms with Crippen LogP contribution in [0.1, 0.15) is 24.8 Å². The number of aromatic nitrogens is 3. The maximum absolute atomic E-state index is 14.2. The van der Waals surface area contributed by atoms with E-state index in [1.54, 1.807) is 36.5 Å². The lowest BCUT2D eigenvalue weighted by Crippen LogP contribution is -2.16. The topological polar surface area (TPSA) is 96.9 Å². The van der Waals surface area contributed by atoms with Crippen molar-refractivity contribution in [3.05, 3.63) is 101 Å². The summed E-state index contributed by atoms with van der Waals surface area (Å²) in [7, 11) is -4.56. The van der Waals surface area contributed by atoms with E-state index in [1.165, 1.54) is 35.6 Å². The SMILES string of the molecule is CC(C)c1nc(-c2cccc(NS(=O)(=O)c3c(F)cccc3F)c2)c(-c2ccnc(Nc3cccc(F)c3)n2)s1. The Balaban J connectivity index is 1.52. The van der Waals surface area contributed by atoms with Crippen molar-refractivity contribution in [2.45, 2.75) is 24.7 Å². The van der Waals surface area contributed by atoms with Crippen LogP contribution in [0.15, 0.2) is 83.9 Å². The number of benzene rings is 3. The van der Waals surface area contributed by atoms with E-state index in [0.29, 0.717) is 27.5 Å². The van der Waals surface area contributed by atoms with Gasteiger partial charge in [0.1, 0.15) is 17.5 Å². The monoisotopic (exact) mass is 581 g/mol. The highest BCUT2D eigenvalue weighted by molar-refractivity contribution is 7.92. The van der Waals surface area contributed by atoms with Gasteiger partial charge < -0.3 is 5.32 Å². The van der Waals surface area contributed by atoms with Crippen LogP contribution >= 0.6 is 11.3 Å². The molecular weight excluding hydrogens is 559 g/mol. The first-order chi connectivity index (χ1) is 19.1. The van der Waals surface area contributed by atoms with Gasteiger partial charge in [-0.25, -0.2) is 36.5 Å². The molecule has 0 bridgehead atoms. The van der Waals surface area contributed by atoms with Crippen molar-refractivity contribution < 1.29 is 21.6 Å². The fourth-order valence-corrected chi connectivity index (χ4v) is 6.12. The van der Waals surface area contributed by atoms with Crippen LogP contribution in [-0.2, 0) is 10.0 Å². The van der Waals surface area contributed by atoms with E-state index in [4.69, 9.17) is 4.98 Å². The second kappa shape index (κ2) is 11.1. The third-order valence-corrected chi connectivity index (χ3v) is 8.49.